The molecule has 96 valence electrons. The van der Waals surface area contributed by atoms with Gasteiger partial charge in [0.05, 0.1) is 6.61 Å². The second-order valence-electron chi connectivity index (χ2n) is 5.78. The maximum absolute atomic E-state index is 12.3. The molecule has 0 unspecified atom stereocenters. The van der Waals surface area contributed by atoms with Crippen molar-refractivity contribution in [1.82, 2.24) is 10.2 Å². The summed E-state index contributed by atoms with van der Waals surface area (Å²) in [6, 6.07) is 0. The largest absolute Gasteiger partial charge is 0.366 e. The Bertz CT molecular complexity index is 294. The Hall–Kier alpha value is -0.610. The summed E-state index contributed by atoms with van der Waals surface area (Å²) >= 11 is 0. The van der Waals surface area contributed by atoms with Gasteiger partial charge in [-0.2, -0.15) is 0 Å². The molecule has 0 aromatic carbocycles. The van der Waals surface area contributed by atoms with Crippen LogP contribution < -0.4 is 5.32 Å². The van der Waals surface area contributed by atoms with Crippen LogP contribution in [0.15, 0.2) is 0 Å². The van der Waals surface area contributed by atoms with Gasteiger partial charge in [-0.25, -0.2) is 0 Å². The number of carbonyl (C=O) groups excluding carboxylic acids is 1. The van der Waals surface area contributed by atoms with Gasteiger partial charge in [0.15, 0.2) is 0 Å². The van der Waals surface area contributed by atoms with Crippen molar-refractivity contribution in [2.45, 2.75) is 38.2 Å². The van der Waals surface area contributed by atoms with Crippen molar-refractivity contribution in [3.63, 3.8) is 0 Å². The topological polar surface area (TPSA) is 41.6 Å². The van der Waals surface area contributed by atoms with Crippen molar-refractivity contribution >= 4 is 5.91 Å². The molecule has 4 heteroatoms. The molecule has 0 aromatic rings. The number of carbonyl (C=O) groups is 1. The minimum absolute atomic E-state index is 0.209. The van der Waals surface area contributed by atoms with Crippen molar-refractivity contribution in [3.05, 3.63) is 0 Å². The Morgan fingerprint density at radius 1 is 1.29 bits per heavy atom. The molecule has 0 aromatic heterocycles. The predicted octanol–water partition coefficient (Wildman–Crippen LogP) is 0.767. The summed E-state index contributed by atoms with van der Waals surface area (Å²) in [6.45, 7) is 4.13. The molecule has 1 saturated carbocycles. The molecule has 3 aliphatic rings. The van der Waals surface area contributed by atoms with Gasteiger partial charge in [0, 0.05) is 26.2 Å². The third-order valence-corrected chi connectivity index (χ3v) is 4.62. The van der Waals surface area contributed by atoms with Crippen molar-refractivity contribution in [2.24, 2.45) is 5.41 Å². The van der Waals surface area contributed by atoms with Gasteiger partial charge in [-0.05, 0) is 24.7 Å². The minimum Gasteiger partial charge on any atom is -0.366 e. The van der Waals surface area contributed by atoms with E-state index in [1.54, 1.807) is 0 Å². The van der Waals surface area contributed by atoms with Crippen LogP contribution >= 0.6 is 0 Å². The van der Waals surface area contributed by atoms with Gasteiger partial charge in [-0.3, -0.25) is 4.79 Å². The van der Waals surface area contributed by atoms with E-state index in [0.29, 0.717) is 18.6 Å². The Morgan fingerprint density at radius 3 is 2.82 bits per heavy atom. The summed E-state index contributed by atoms with van der Waals surface area (Å²) in [5, 5.41) is 3.23. The molecule has 4 nitrogen and oxygen atoms in total. The molecule has 0 bridgehead atoms. The van der Waals surface area contributed by atoms with Crippen LogP contribution in [-0.2, 0) is 9.53 Å². The van der Waals surface area contributed by atoms with Crippen LogP contribution in [0.1, 0.15) is 32.1 Å². The first-order chi connectivity index (χ1) is 8.29. The molecule has 1 spiro atoms. The van der Waals surface area contributed by atoms with E-state index < -0.39 is 0 Å². The molecule has 0 radical (unpaired) electrons. The molecular weight excluding hydrogens is 216 g/mol. The summed E-state index contributed by atoms with van der Waals surface area (Å²) in [5.74, 6) is 0.209. The maximum Gasteiger partial charge on any atom is 0.253 e. The van der Waals surface area contributed by atoms with Crippen molar-refractivity contribution < 1.29 is 9.53 Å². The molecule has 1 amide bonds. The zero-order chi connectivity index (χ0) is 11.7. The molecule has 1 aliphatic carbocycles. The Balaban J connectivity index is 1.59. The second kappa shape index (κ2) is 4.58. The quantitative estimate of drug-likeness (QED) is 0.733. The predicted molar refractivity (Wildman–Crippen MR) is 64.7 cm³/mol. The molecule has 1 N–H and O–H groups in total. The highest BCUT2D eigenvalue weighted by molar-refractivity contribution is 5.81. The van der Waals surface area contributed by atoms with E-state index in [1.807, 2.05) is 4.90 Å². The summed E-state index contributed by atoms with van der Waals surface area (Å²) < 4.78 is 5.55. The van der Waals surface area contributed by atoms with E-state index in [-0.39, 0.29) is 12.0 Å². The number of nitrogens with zero attached hydrogens (tertiary/aromatic N) is 1. The molecule has 2 aliphatic heterocycles. The highest BCUT2D eigenvalue weighted by atomic mass is 16.5. The number of hydrogen-bond donors (Lipinski definition) is 1. The fourth-order valence-electron chi connectivity index (χ4n) is 3.58. The Labute approximate surface area is 103 Å². The molecular formula is C13H22N2O2. The summed E-state index contributed by atoms with van der Waals surface area (Å²) in [4.78, 5) is 14.3. The van der Waals surface area contributed by atoms with E-state index >= 15 is 0 Å². The van der Waals surface area contributed by atoms with E-state index in [0.717, 1.165) is 19.6 Å². The van der Waals surface area contributed by atoms with Gasteiger partial charge in [0.2, 0.25) is 0 Å². The third-order valence-electron chi connectivity index (χ3n) is 4.62. The van der Waals surface area contributed by atoms with Crippen LogP contribution in [0.25, 0.3) is 0 Å². The van der Waals surface area contributed by atoms with Crippen LogP contribution in [-0.4, -0.2) is 49.7 Å². The van der Waals surface area contributed by atoms with Gasteiger partial charge in [0.1, 0.15) is 6.10 Å². The third kappa shape index (κ3) is 2.20. The molecule has 2 saturated heterocycles. The lowest BCUT2D eigenvalue weighted by Crippen LogP contribution is -2.49. The zero-order valence-electron chi connectivity index (χ0n) is 10.4. The number of hydrogen-bond acceptors (Lipinski definition) is 3. The number of amides is 1. The highest BCUT2D eigenvalue weighted by Gasteiger charge is 2.43. The first kappa shape index (κ1) is 11.5. The van der Waals surface area contributed by atoms with E-state index in [1.165, 1.54) is 32.1 Å². The fourth-order valence-corrected chi connectivity index (χ4v) is 3.58. The SMILES string of the molecule is O=C([C@H]1CNCCO1)N1CCC2(CCCC2)C1. The smallest absolute Gasteiger partial charge is 0.253 e. The van der Waals surface area contributed by atoms with E-state index in [9.17, 15) is 4.79 Å². The second-order valence-corrected chi connectivity index (χ2v) is 5.78. The maximum atomic E-state index is 12.3. The van der Waals surface area contributed by atoms with Gasteiger partial charge < -0.3 is 15.0 Å². The number of nitrogens with one attached hydrogen (secondary N) is 1. The lowest BCUT2D eigenvalue weighted by molar-refractivity contribution is -0.144. The number of likely N-dealkylation sites (tertiary alicyclic amines) is 1. The zero-order valence-corrected chi connectivity index (χ0v) is 10.4. The summed E-state index contributed by atoms with van der Waals surface area (Å²) in [6.07, 6.45) is 6.31. The van der Waals surface area contributed by atoms with Gasteiger partial charge in [-0.15, -0.1) is 0 Å². The number of morpholine rings is 1. The van der Waals surface area contributed by atoms with Crippen molar-refractivity contribution in [2.75, 3.05) is 32.8 Å². The van der Waals surface area contributed by atoms with E-state index in [4.69, 9.17) is 4.74 Å². The first-order valence-electron chi connectivity index (χ1n) is 6.90. The molecule has 3 rings (SSSR count). The standard InChI is InChI=1S/C13H22N2O2/c16-12(11-9-14-6-8-17-11)15-7-5-13(10-15)3-1-2-4-13/h11,14H,1-10H2/t11-/m1/s1. The van der Waals surface area contributed by atoms with Gasteiger partial charge >= 0.3 is 0 Å². The fraction of sp³-hybridized carbons (Fsp3) is 0.923. The normalized spacial score (nSPS) is 32.2. The Morgan fingerprint density at radius 2 is 2.12 bits per heavy atom. The van der Waals surface area contributed by atoms with Crippen molar-refractivity contribution in [3.8, 4) is 0 Å². The monoisotopic (exact) mass is 238 g/mol. The van der Waals surface area contributed by atoms with Crippen molar-refractivity contribution in [1.29, 1.82) is 0 Å². The molecule has 17 heavy (non-hydrogen) atoms. The number of ether oxygens (including phenoxy) is 1. The summed E-state index contributed by atoms with van der Waals surface area (Å²) in [5.41, 5.74) is 0.470. The lowest BCUT2D eigenvalue weighted by Gasteiger charge is -2.28. The minimum atomic E-state index is -0.236. The highest BCUT2D eigenvalue weighted by Crippen LogP contribution is 2.45. The average molecular weight is 238 g/mol. The Kier molecular flexibility index (Phi) is 3.09. The molecule has 1 atom stereocenters. The molecule has 2 heterocycles. The van der Waals surface area contributed by atoms with Gasteiger partial charge in [0.25, 0.3) is 5.91 Å². The van der Waals surface area contributed by atoms with E-state index in [2.05, 4.69) is 5.32 Å². The number of rotatable bonds is 1. The van der Waals surface area contributed by atoms with Crippen LogP contribution in [0.2, 0.25) is 0 Å². The average Bonchev–Trinajstić information content (AvgIpc) is 3.01. The first-order valence-corrected chi connectivity index (χ1v) is 6.90. The summed E-state index contributed by atoms with van der Waals surface area (Å²) in [7, 11) is 0. The molecule has 3 fully saturated rings. The van der Waals surface area contributed by atoms with Gasteiger partial charge in [-0.1, -0.05) is 12.8 Å². The van der Waals surface area contributed by atoms with Crippen LogP contribution in [0.4, 0.5) is 0 Å². The lowest BCUT2D eigenvalue weighted by atomic mass is 9.86. The van der Waals surface area contributed by atoms with Crippen LogP contribution in [0, 0.1) is 5.41 Å². The van der Waals surface area contributed by atoms with Crippen LogP contribution in [0.5, 0.6) is 0 Å². The van der Waals surface area contributed by atoms with Crippen LogP contribution in [0.3, 0.4) is 0 Å².